The first-order valence-electron chi connectivity index (χ1n) is 7.81. The van der Waals surface area contributed by atoms with Crippen molar-refractivity contribution in [2.45, 2.75) is 19.6 Å². The van der Waals surface area contributed by atoms with Gasteiger partial charge in [-0.2, -0.15) is 0 Å². The zero-order chi connectivity index (χ0) is 19.1. The third kappa shape index (κ3) is 4.47. The molecule has 1 aromatic carbocycles. The number of carbonyl (C=O) groups excluding carboxylic acids is 2. The SMILES string of the molecule is COc1cc(C(=O)O[C@@H](C)C(=O)NCc2ccco2)cc(OC)c1OC. The predicted octanol–water partition coefficient (Wildman–Crippen LogP) is 2.17. The molecular formula is C18H21NO7. The molecule has 0 aliphatic heterocycles. The summed E-state index contributed by atoms with van der Waals surface area (Å²) in [6.07, 6.45) is 0.520. The Balaban J connectivity index is 2.05. The Morgan fingerprint density at radius 2 is 1.77 bits per heavy atom. The molecule has 2 aromatic rings. The minimum absolute atomic E-state index is 0.171. The van der Waals surface area contributed by atoms with Gasteiger partial charge in [-0.1, -0.05) is 0 Å². The lowest BCUT2D eigenvalue weighted by atomic mass is 10.2. The van der Waals surface area contributed by atoms with Crippen molar-refractivity contribution in [3.63, 3.8) is 0 Å². The molecule has 0 unspecified atom stereocenters. The second-order valence-electron chi connectivity index (χ2n) is 5.26. The summed E-state index contributed by atoms with van der Waals surface area (Å²) in [6.45, 7) is 1.69. The summed E-state index contributed by atoms with van der Waals surface area (Å²) >= 11 is 0. The summed E-state index contributed by atoms with van der Waals surface area (Å²) in [7, 11) is 4.35. The summed E-state index contributed by atoms with van der Waals surface area (Å²) in [5.41, 5.74) is 0.171. The second kappa shape index (κ2) is 8.80. The first-order valence-corrected chi connectivity index (χ1v) is 7.81. The fourth-order valence-corrected chi connectivity index (χ4v) is 2.21. The minimum atomic E-state index is -0.989. The van der Waals surface area contributed by atoms with Gasteiger partial charge >= 0.3 is 5.97 Å². The topological polar surface area (TPSA) is 96.2 Å². The van der Waals surface area contributed by atoms with E-state index in [1.807, 2.05) is 0 Å². The Labute approximate surface area is 151 Å². The number of hydrogen-bond acceptors (Lipinski definition) is 7. The van der Waals surface area contributed by atoms with Gasteiger partial charge in [-0.05, 0) is 31.2 Å². The van der Waals surface area contributed by atoms with E-state index in [1.54, 1.807) is 12.1 Å². The first kappa shape index (κ1) is 19.2. The van der Waals surface area contributed by atoms with Crippen LogP contribution in [0.5, 0.6) is 17.2 Å². The van der Waals surface area contributed by atoms with Gasteiger partial charge in [0.1, 0.15) is 5.76 Å². The van der Waals surface area contributed by atoms with E-state index in [1.165, 1.54) is 46.6 Å². The predicted molar refractivity (Wildman–Crippen MR) is 91.5 cm³/mol. The van der Waals surface area contributed by atoms with Crippen molar-refractivity contribution in [1.29, 1.82) is 0 Å². The maximum absolute atomic E-state index is 12.4. The summed E-state index contributed by atoms with van der Waals surface area (Å²) < 4.78 is 25.9. The van der Waals surface area contributed by atoms with Crippen molar-refractivity contribution in [2.75, 3.05) is 21.3 Å². The molecule has 0 saturated heterocycles. The van der Waals surface area contributed by atoms with Crippen LogP contribution < -0.4 is 19.5 Å². The van der Waals surface area contributed by atoms with Crippen LogP contribution in [0.25, 0.3) is 0 Å². The molecule has 0 saturated carbocycles. The van der Waals surface area contributed by atoms with Gasteiger partial charge < -0.3 is 28.7 Å². The molecule has 1 aromatic heterocycles. The van der Waals surface area contributed by atoms with Crippen LogP contribution in [0.4, 0.5) is 0 Å². The van der Waals surface area contributed by atoms with Gasteiger partial charge in [-0.3, -0.25) is 4.79 Å². The number of furan rings is 1. The number of ether oxygens (including phenoxy) is 4. The Kier molecular flexibility index (Phi) is 6.48. The molecule has 0 radical (unpaired) electrons. The molecule has 0 aliphatic rings. The summed E-state index contributed by atoms with van der Waals surface area (Å²) in [5, 5.41) is 2.63. The van der Waals surface area contributed by atoms with Gasteiger partial charge in [0, 0.05) is 0 Å². The Hall–Kier alpha value is -3.16. The largest absolute Gasteiger partial charge is 0.493 e. The molecule has 1 atom stereocenters. The third-order valence-electron chi connectivity index (χ3n) is 3.57. The number of rotatable bonds is 8. The molecule has 26 heavy (non-hydrogen) atoms. The van der Waals surface area contributed by atoms with Crippen LogP contribution in [0, 0.1) is 0 Å². The van der Waals surface area contributed by atoms with Crippen molar-refractivity contribution in [3.8, 4) is 17.2 Å². The van der Waals surface area contributed by atoms with Crippen LogP contribution in [-0.4, -0.2) is 39.3 Å². The van der Waals surface area contributed by atoms with Gasteiger partial charge in [0.15, 0.2) is 17.6 Å². The van der Waals surface area contributed by atoms with Crippen LogP contribution in [0.15, 0.2) is 34.9 Å². The highest BCUT2D eigenvalue weighted by atomic mass is 16.5. The lowest BCUT2D eigenvalue weighted by Crippen LogP contribution is -2.35. The number of amides is 1. The highest BCUT2D eigenvalue weighted by Crippen LogP contribution is 2.38. The number of carbonyl (C=O) groups is 2. The summed E-state index contributed by atoms with van der Waals surface area (Å²) in [4.78, 5) is 24.4. The van der Waals surface area contributed by atoms with Crippen molar-refractivity contribution in [3.05, 3.63) is 41.9 Å². The van der Waals surface area contributed by atoms with E-state index >= 15 is 0 Å². The number of benzene rings is 1. The normalized spacial score (nSPS) is 11.4. The molecule has 140 valence electrons. The molecule has 0 spiro atoms. The molecule has 0 fully saturated rings. The lowest BCUT2D eigenvalue weighted by molar-refractivity contribution is -0.129. The van der Waals surface area contributed by atoms with Crippen molar-refractivity contribution >= 4 is 11.9 Å². The molecule has 0 aliphatic carbocycles. The van der Waals surface area contributed by atoms with Crippen LogP contribution in [0.2, 0.25) is 0 Å². The van der Waals surface area contributed by atoms with Crippen molar-refractivity contribution < 1.29 is 33.0 Å². The van der Waals surface area contributed by atoms with Crippen LogP contribution >= 0.6 is 0 Å². The molecule has 1 N–H and O–H groups in total. The van der Waals surface area contributed by atoms with Gasteiger partial charge in [0.05, 0.1) is 39.7 Å². The van der Waals surface area contributed by atoms with Gasteiger partial charge in [-0.15, -0.1) is 0 Å². The maximum atomic E-state index is 12.4. The van der Waals surface area contributed by atoms with E-state index in [-0.39, 0.29) is 12.1 Å². The average Bonchev–Trinajstić information content (AvgIpc) is 3.18. The quantitative estimate of drug-likeness (QED) is 0.718. The molecular weight excluding hydrogens is 342 g/mol. The van der Waals surface area contributed by atoms with Crippen molar-refractivity contribution in [2.24, 2.45) is 0 Å². The van der Waals surface area contributed by atoms with Crippen LogP contribution in [-0.2, 0) is 16.1 Å². The number of hydrogen-bond donors (Lipinski definition) is 1. The van der Waals surface area contributed by atoms with Gasteiger partial charge in [-0.25, -0.2) is 4.79 Å². The van der Waals surface area contributed by atoms with Crippen LogP contribution in [0.3, 0.4) is 0 Å². The fourth-order valence-electron chi connectivity index (χ4n) is 2.21. The standard InChI is InChI=1S/C18H21NO7/c1-11(17(20)19-10-13-6-5-7-25-13)26-18(21)12-8-14(22-2)16(24-4)15(9-12)23-3/h5-9,11H,10H2,1-4H3,(H,19,20)/t11-/m0/s1. The maximum Gasteiger partial charge on any atom is 0.339 e. The highest BCUT2D eigenvalue weighted by Gasteiger charge is 2.22. The summed E-state index contributed by atoms with van der Waals surface area (Å²) in [6, 6.07) is 6.36. The molecule has 8 heteroatoms. The third-order valence-corrected chi connectivity index (χ3v) is 3.57. The number of nitrogens with one attached hydrogen (secondary N) is 1. The van der Waals surface area contributed by atoms with Crippen molar-refractivity contribution in [1.82, 2.24) is 5.32 Å². The lowest BCUT2D eigenvalue weighted by Gasteiger charge is -2.16. The minimum Gasteiger partial charge on any atom is -0.493 e. The zero-order valence-corrected chi connectivity index (χ0v) is 15.0. The van der Waals surface area contributed by atoms with Gasteiger partial charge in [0.25, 0.3) is 5.91 Å². The van der Waals surface area contributed by atoms with E-state index in [2.05, 4.69) is 5.32 Å². The van der Waals surface area contributed by atoms with E-state index in [9.17, 15) is 9.59 Å². The molecule has 0 bridgehead atoms. The Morgan fingerprint density at radius 1 is 1.12 bits per heavy atom. The molecule has 2 rings (SSSR count). The zero-order valence-electron chi connectivity index (χ0n) is 15.0. The monoisotopic (exact) mass is 363 g/mol. The Morgan fingerprint density at radius 3 is 2.27 bits per heavy atom. The molecule has 1 amide bonds. The van der Waals surface area contributed by atoms with E-state index < -0.39 is 18.0 Å². The van der Waals surface area contributed by atoms with Gasteiger partial charge in [0.2, 0.25) is 5.75 Å². The van der Waals surface area contributed by atoms with E-state index in [4.69, 9.17) is 23.4 Å². The average molecular weight is 363 g/mol. The smallest absolute Gasteiger partial charge is 0.339 e. The Bertz CT molecular complexity index is 730. The second-order valence-corrected chi connectivity index (χ2v) is 5.26. The first-order chi connectivity index (χ1) is 12.5. The van der Waals surface area contributed by atoms with E-state index in [0.29, 0.717) is 23.0 Å². The van der Waals surface area contributed by atoms with E-state index in [0.717, 1.165) is 0 Å². The fraction of sp³-hybridized carbons (Fsp3) is 0.333. The van der Waals surface area contributed by atoms with Crippen LogP contribution in [0.1, 0.15) is 23.0 Å². The molecule has 8 nitrogen and oxygen atoms in total. The number of esters is 1. The highest BCUT2D eigenvalue weighted by molar-refractivity contribution is 5.93. The number of methoxy groups -OCH3 is 3. The molecule has 1 heterocycles. The summed E-state index contributed by atoms with van der Waals surface area (Å²) in [5.74, 6) is 0.451.